The van der Waals surface area contributed by atoms with E-state index in [-0.39, 0.29) is 29.4 Å². The number of carbonyl (C=O) groups excluding carboxylic acids is 1. The molecule has 26 heavy (non-hydrogen) atoms. The smallest absolute Gasteiger partial charge is 0.275 e. The molecule has 0 aliphatic carbocycles. The van der Waals surface area contributed by atoms with Crippen LogP contribution in [0.2, 0.25) is 5.02 Å². The highest BCUT2D eigenvalue weighted by atomic mass is 35.5. The molecule has 2 aromatic carbocycles. The molecule has 2 atom stereocenters. The molecule has 0 saturated heterocycles. The SMILES string of the molecule is C[C@H](NC(=O)C[NH2+][C@@H](C)c1cccc(Cl)c1)c1ccc(S(N)(=O)=O)cc1. The van der Waals surface area contributed by atoms with E-state index in [0.717, 1.165) is 11.1 Å². The summed E-state index contributed by atoms with van der Waals surface area (Å²) in [5, 5.41) is 10.6. The standard InChI is InChI=1S/C18H22ClN3O3S/c1-12(15-4-3-5-16(19)10-15)21-11-18(23)22-13(2)14-6-8-17(9-7-14)26(20,24)25/h3-10,12-13,21H,11H2,1-2H3,(H,22,23)(H2,20,24,25)/p+1/t12-,13-/m0/s1. The van der Waals surface area contributed by atoms with Crippen LogP contribution >= 0.6 is 11.6 Å². The molecule has 2 aromatic rings. The maximum absolute atomic E-state index is 12.2. The zero-order chi connectivity index (χ0) is 19.3. The third kappa shape index (κ3) is 5.81. The normalized spacial score (nSPS) is 13.8. The van der Waals surface area contributed by atoms with Gasteiger partial charge in [0.15, 0.2) is 6.54 Å². The van der Waals surface area contributed by atoms with Crippen molar-refractivity contribution in [2.24, 2.45) is 5.14 Å². The summed E-state index contributed by atoms with van der Waals surface area (Å²) in [4.78, 5) is 12.2. The molecule has 1 amide bonds. The average Bonchev–Trinajstić information content (AvgIpc) is 2.59. The van der Waals surface area contributed by atoms with Gasteiger partial charge in [-0.1, -0.05) is 35.9 Å². The summed E-state index contributed by atoms with van der Waals surface area (Å²) < 4.78 is 22.5. The average molecular weight is 397 g/mol. The van der Waals surface area contributed by atoms with Crippen LogP contribution in [0.5, 0.6) is 0 Å². The van der Waals surface area contributed by atoms with Crippen molar-refractivity contribution in [1.29, 1.82) is 0 Å². The quantitative estimate of drug-likeness (QED) is 0.660. The Kier molecular flexibility index (Phi) is 6.77. The molecule has 2 rings (SSSR count). The van der Waals surface area contributed by atoms with E-state index in [1.807, 2.05) is 43.4 Å². The lowest BCUT2D eigenvalue weighted by Gasteiger charge is -2.16. The molecule has 0 aromatic heterocycles. The van der Waals surface area contributed by atoms with E-state index in [1.54, 1.807) is 12.1 Å². The Morgan fingerprint density at radius 1 is 1.15 bits per heavy atom. The van der Waals surface area contributed by atoms with Crippen LogP contribution in [0.1, 0.15) is 37.1 Å². The fourth-order valence-corrected chi connectivity index (χ4v) is 3.25. The maximum Gasteiger partial charge on any atom is 0.275 e. The van der Waals surface area contributed by atoms with Gasteiger partial charge in [-0.3, -0.25) is 4.79 Å². The topological polar surface area (TPSA) is 106 Å². The highest BCUT2D eigenvalue weighted by molar-refractivity contribution is 7.89. The summed E-state index contributed by atoms with van der Waals surface area (Å²) in [5.41, 5.74) is 1.85. The van der Waals surface area contributed by atoms with E-state index < -0.39 is 10.0 Å². The monoisotopic (exact) mass is 396 g/mol. The van der Waals surface area contributed by atoms with Crippen LogP contribution in [0, 0.1) is 0 Å². The number of nitrogens with two attached hydrogens (primary N) is 2. The second-order valence-corrected chi connectivity index (χ2v) is 8.18. The summed E-state index contributed by atoms with van der Waals surface area (Å²) in [6.07, 6.45) is 0. The molecule has 8 heteroatoms. The molecule has 0 radical (unpaired) electrons. The van der Waals surface area contributed by atoms with Gasteiger partial charge in [-0.2, -0.15) is 0 Å². The molecule has 0 bridgehead atoms. The van der Waals surface area contributed by atoms with Crippen molar-refractivity contribution < 1.29 is 18.5 Å². The van der Waals surface area contributed by atoms with Crippen molar-refractivity contribution in [2.75, 3.05) is 6.54 Å². The van der Waals surface area contributed by atoms with Gasteiger partial charge in [0.25, 0.3) is 5.91 Å². The summed E-state index contributed by atoms with van der Waals surface area (Å²) in [5.74, 6) is -0.109. The predicted octanol–water partition coefficient (Wildman–Crippen LogP) is 1.49. The molecule has 6 nitrogen and oxygen atoms in total. The van der Waals surface area contributed by atoms with Crippen molar-refractivity contribution in [3.8, 4) is 0 Å². The Morgan fingerprint density at radius 3 is 2.38 bits per heavy atom. The first-order valence-electron chi connectivity index (χ1n) is 8.17. The van der Waals surface area contributed by atoms with Crippen LogP contribution in [0.4, 0.5) is 0 Å². The second-order valence-electron chi connectivity index (χ2n) is 6.19. The van der Waals surface area contributed by atoms with E-state index in [4.69, 9.17) is 16.7 Å². The van der Waals surface area contributed by atoms with Crippen molar-refractivity contribution in [3.63, 3.8) is 0 Å². The van der Waals surface area contributed by atoms with Gasteiger partial charge < -0.3 is 10.6 Å². The minimum atomic E-state index is -3.72. The summed E-state index contributed by atoms with van der Waals surface area (Å²) in [7, 11) is -3.72. The van der Waals surface area contributed by atoms with Crippen molar-refractivity contribution in [2.45, 2.75) is 30.8 Å². The first-order chi connectivity index (χ1) is 12.2. The summed E-state index contributed by atoms with van der Waals surface area (Å²) in [6, 6.07) is 13.6. The van der Waals surface area contributed by atoms with Crippen LogP contribution < -0.4 is 15.8 Å². The minimum Gasteiger partial charge on any atom is -0.345 e. The number of nitrogens with one attached hydrogen (secondary N) is 1. The van der Waals surface area contributed by atoms with Gasteiger partial charge in [-0.15, -0.1) is 0 Å². The van der Waals surface area contributed by atoms with Gasteiger partial charge >= 0.3 is 0 Å². The number of quaternary nitrogens is 1. The van der Waals surface area contributed by atoms with Crippen LogP contribution in [0.25, 0.3) is 0 Å². The Morgan fingerprint density at radius 2 is 1.81 bits per heavy atom. The van der Waals surface area contributed by atoms with Crippen LogP contribution in [-0.4, -0.2) is 20.9 Å². The lowest BCUT2D eigenvalue weighted by Crippen LogP contribution is -2.87. The van der Waals surface area contributed by atoms with Crippen LogP contribution in [0.15, 0.2) is 53.4 Å². The molecule has 0 saturated carbocycles. The summed E-state index contributed by atoms with van der Waals surface area (Å²) >= 11 is 5.99. The number of amides is 1. The highest BCUT2D eigenvalue weighted by Crippen LogP contribution is 2.16. The summed E-state index contributed by atoms with van der Waals surface area (Å²) in [6.45, 7) is 4.12. The van der Waals surface area contributed by atoms with Crippen LogP contribution in [0.3, 0.4) is 0 Å². The predicted molar refractivity (Wildman–Crippen MR) is 101 cm³/mol. The lowest BCUT2D eigenvalue weighted by molar-refractivity contribution is -0.682. The molecule has 0 unspecified atom stereocenters. The Balaban J connectivity index is 1.89. The largest absolute Gasteiger partial charge is 0.345 e. The number of hydrogen-bond acceptors (Lipinski definition) is 3. The van der Waals surface area contributed by atoms with Crippen molar-refractivity contribution in [3.05, 3.63) is 64.7 Å². The number of sulfonamides is 1. The van der Waals surface area contributed by atoms with E-state index >= 15 is 0 Å². The third-order valence-corrected chi connectivity index (χ3v) is 5.28. The number of primary sulfonamides is 1. The van der Waals surface area contributed by atoms with Gasteiger partial charge in [-0.25, -0.2) is 13.6 Å². The number of halogens is 1. The maximum atomic E-state index is 12.2. The molecule has 5 N–H and O–H groups in total. The lowest BCUT2D eigenvalue weighted by atomic mass is 10.1. The number of rotatable bonds is 7. The molecule has 140 valence electrons. The molecule has 0 spiro atoms. The molecular formula is C18H23ClN3O3S+. The Labute approximate surface area is 158 Å². The van der Waals surface area contributed by atoms with Crippen molar-refractivity contribution >= 4 is 27.5 Å². The number of carbonyl (C=O) groups is 1. The van der Waals surface area contributed by atoms with Crippen molar-refractivity contribution in [1.82, 2.24) is 5.32 Å². The Hall–Kier alpha value is -1.93. The van der Waals surface area contributed by atoms with E-state index in [0.29, 0.717) is 5.02 Å². The van der Waals surface area contributed by atoms with Gasteiger partial charge in [-0.05, 0) is 43.7 Å². The number of benzene rings is 2. The molecule has 0 aliphatic heterocycles. The van der Waals surface area contributed by atoms with Gasteiger partial charge in [0.05, 0.1) is 10.9 Å². The van der Waals surface area contributed by atoms with Gasteiger partial charge in [0, 0.05) is 10.6 Å². The fraction of sp³-hybridized carbons (Fsp3) is 0.278. The zero-order valence-electron chi connectivity index (χ0n) is 14.6. The van der Waals surface area contributed by atoms with Gasteiger partial charge in [0.2, 0.25) is 10.0 Å². The molecule has 0 fully saturated rings. The second kappa shape index (κ2) is 8.64. The van der Waals surface area contributed by atoms with E-state index in [1.165, 1.54) is 12.1 Å². The zero-order valence-corrected chi connectivity index (χ0v) is 16.2. The highest BCUT2D eigenvalue weighted by Gasteiger charge is 2.15. The molecule has 0 heterocycles. The minimum absolute atomic E-state index is 0.0449. The molecular weight excluding hydrogens is 374 g/mol. The first-order valence-corrected chi connectivity index (χ1v) is 10.1. The third-order valence-electron chi connectivity index (χ3n) is 4.12. The van der Waals surface area contributed by atoms with E-state index in [9.17, 15) is 13.2 Å². The number of hydrogen-bond donors (Lipinski definition) is 3. The van der Waals surface area contributed by atoms with E-state index in [2.05, 4.69) is 5.32 Å². The fourth-order valence-electron chi connectivity index (χ4n) is 2.54. The molecule has 0 aliphatic rings. The van der Waals surface area contributed by atoms with Crippen LogP contribution in [-0.2, 0) is 14.8 Å². The van der Waals surface area contributed by atoms with Gasteiger partial charge in [0.1, 0.15) is 6.04 Å². The first kappa shape index (κ1) is 20.4. The Bertz CT molecular complexity index is 870.